The van der Waals surface area contributed by atoms with Gasteiger partial charge < -0.3 is 9.32 Å². The highest BCUT2D eigenvalue weighted by atomic mass is 32.2. The Morgan fingerprint density at radius 1 is 1.07 bits per heavy atom. The summed E-state index contributed by atoms with van der Waals surface area (Å²) in [4.78, 5) is 28.4. The molecule has 2 aromatic carbocycles. The highest BCUT2D eigenvalue weighted by molar-refractivity contribution is 7.91. The summed E-state index contributed by atoms with van der Waals surface area (Å²) in [5.74, 6) is -0.445. The van der Waals surface area contributed by atoms with Crippen molar-refractivity contribution in [1.82, 2.24) is 4.90 Å². The number of fused-ring (bicyclic) bond motifs is 2. The molecule has 1 aromatic heterocycles. The Morgan fingerprint density at radius 2 is 1.80 bits per heavy atom. The van der Waals surface area contributed by atoms with Gasteiger partial charge >= 0.3 is 0 Å². The first-order valence-electron chi connectivity index (χ1n) is 10.1. The number of hydrogen-bond donors (Lipinski definition) is 0. The van der Waals surface area contributed by atoms with Gasteiger partial charge in [-0.15, -0.1) is 0 Å². The third-order valence-electron chi connectivity index (χ3n) is 6.12. The van der Waals surface area contributed by atoms with Crippen LogP contribution in [0.2, 0.25) is 0 Å². The lowest BCUT2D eigenvalue weighted by atomic mass is 9.96. The van der Waals surface area contributed by atoms with Gasteiger partial charge in [0.1, 0.15) is 5.58 Å². The van der Waals surface area contributed by atoms with Crippen molar-refractivity contribution < 1.29 is 17.6 Å². The van der Waals surface area contributed by atoms with Gasteiger partial charge in [-0.1, -0.05) is 43.3 Å². The second kappa shape index (κ2) is 6.80. The number of para-hydroxylation sites is 1. The largest absolute Gasteiger partial charge is 0.450 e. The lowest BCUT2D eigenvalue weighted by Crippen LogP contribution is -2.40. The second-order valence-corrected chi connectivity index (χ2v) is 10.2. The quantitative estimate of drug-likeness (QED) is 0.646. The fourth-order valence-electron chi connectivity index (χ4n) is 4.57. The minimum Gasteiger partial charge on any atom is -0.450 e. The van der Waals surface area contributed by atoms with Gasteiger partial charge in [0.2, 0.25) is 5.76 Å². The summed E-state index contributed by atoms with van der Waals surface area (Å²) in [5, 5.41) is 0.417. The lowest BCUT2D eigenvalue weighted by molar-refractivity contribution is 0.0662. The summed E-state index contributed by atoms with van der Waals surface area (Å²) >= 11 is 0. The molecular formula is C23H21NO5S. The number of carbonyl (C=O) groups is 1. The van der Waals surface area contributed by atoms with E-state index in [1.165, 1.54) is 0 Å². The van der Waals surface area contributed by atoms with E-state index in [0.717, 1.165) is 17.5 Å². The zero-order chi connectivity index (χ0) is 21.0. The topological polar surface area (TPSA) is 84.7 Å². The van der Waals surface area contributed by atoms with E-state index in [-0.39, 0.29) is 22.7 Å². The van der Waals surface area contributed by atoms with E-state index >= 15 is 0 Å². The molecule has 5 rings (SSSR count). The molecule has 0 spiro atoms. The highest BCUT2D eigenvalue weighted by Crippen LogP contribution is 2.41. The fraction of sp³-hybridized carbons (Fsp3) is 0.304. The summed E-state index contributed by atoms with van der Waals surface area (Å²) in [5.41, 5.74) is 2.34. The van der Waals surface area contributed by atoms with Crippen LogP contribution >= 0.6 is 0 Å². The lowest BCUT2D eigenvalue weighted by Gasteiger charge is -2.30. The van der Waals surface area contributed by atoms with Crippen LogP contribution < -0.4 is 5.43 Å². The Bertz CT molecular complexity index is 1320. The SMILES string of the molecule is CCc1ccc(C2c3c(oc4ccccc4c3=O)C(=O)N2C2CCS(=O)(=O)C2)cc1. The van der Waals surface area contributed by atoms with Gasteiger partial charge in [0.05, 0.1) is 28.5 Å². The summed E-state index contributed by atoms with van der Waals surface area (Å²) < 4.78 is 30.2. The summed E-state index contributed by atoms with van der Waals surface area (Å²) in [6, 6.07) is 13.5. The molecule has 30 heavy (non-hydrogen) atoms. The van der Waals surface area contributed by atoms with Crippen LogP contribution in [0.5, 0.6) is 0 Å². The van der Waals surface area contributed by atoms with Crippen LogP contribution in [0.1, 0.15) is 46.6 Å². The van der Waals surface area contributed by atoms with Crippen LogP contribution in [0, 0.1) is 0 Å². The summed E-state index contributed by atoms with van der Waals surface area (Å²) in [7, 11) is -3.21. The first-order chi connectivity index (χ1) is 14.4. The van der Waals surface area contributed by atoms with Gasteiger partial charge in [-0.2, -0.15) is 0 Å². The van der Waals surface area contributed by atoms with E-state index in [4.69, 9.17) is 4.42 Å². The predicted molar refractivity (Wildman–Crippen MR) is 113 cm³/mol. The Labute approximate surface area is 174 Å². The van der Waals surface area contributed by atoms with Gasteiger partial charge in [0.15, 0.2) is 15.3 Å². The van der Waals surface area contributed by atoms with Crippen LogP contribution in [0.4, 0.5) is 0 Å². The molecule has 1 fully saturated rings. The second-order valence-electron chi connectivity index (χ2n) is 7.94. The van der Waals surface area contributed by atoms with Gasteiger partial charge in [-0.3, -0.25) is 9.59 Å². The molecule has 154 valence electrons. The maximum absolute atomic E-state index is 13.4. The maximum atomic E-state index is 13.4. The molecular weight excluding hydrogens is 402 g/mol. The molecule has 0 radical (unpaired) electrons. The molecule has 0 bridgehead atoms. The van der Waals surface area contributed by atoms with E-state index < -0.39 is 27.8 Å². The monoisotopic (exact) mass is 423 g/mol. The molecule has 6 nitrogen and oxygen atoms in total. The minimum absolute atomic E-state index is 0.0209. The number of amides is 1. The van der Waals surface area contributed by atoms with Crippen LogP contribution in [0.3, 0.4) is 0 Å². The zero-order valence-electron chi connectivity index (χ0n) is 16.5. The molecule has 1 amide bonds. The molecule has 2 aliphatic rings. The number of benzene rings is 2. The molecule has 0 aliphatic carbocycles. The number of rotatable bonds is 3. The normalized spacial score (nSPS) is 22.6. The van der Waals surface area contributed by atoms with Crippen molar-refractivity contribution in [3.8, 4) is 0 Å². The van der Waals surface area contributed by atoms with Crippen molar-refractivity contribution in [3.63, 3.8) is 0 Å². The van der Waals surface area contributed by atoms with Crippen molar-refractivity contribution in [2.75, 3.05) is 11.5 Å². The zero-order valence-corrected chi connectivity index (χ0v) is 17.3. The summed E-state index contributed by atoms with van der Waals surface area (Å²) in [6.45, 7) is 2.06. The van der Waals surface area contributed by atoms with Crippen molar-refractivity contribution in [2.24, 2.45) is 0 Å². The standard InChI is InChI=1S/C23H21NO5S/c1-2-14-7-9-15(10-8-14)20-19-21(25)17-5-3-4-6-18(17)29-22(19)23(26)24(20)16-11-12-30(27,28)13-16/h3-10,16,20H,2,11-13H2,1H3. The number of nitrogens with zero attached hydrogens (tertiary/aromatic N) is 1. The molecule has 2 atom stereocenters. The molecule has 2 unspecified atom stereocenters. The van der Waals surface area contributed by atoms with Crippen LogP contribution in [0.25, 0.3) is 11.0 Å². The third kappa shape index (κ3) is 2.88. The Kier molecular flexibility index (Phi) is 4.32. The van der Waals surface area contributed by atoms with Gasteiger partial charge in [-0.25, -0.2) is 8.42 Å². The smallest absolute Gasteiger partial charge is 0.291 e. The molecule has 2 aliphatic heterocycles. The van der Waals surface area contributed by atoms with E-state index in [1.807, 2.05) is 24.3 Å². The van der Waals surface area contributed by atoms with E-state index in [0.29, 0.717) is 23.0 Å². The third-order valence-corrected chi connectivity index (χ3v) is 7.87. The van der Waals surface area contributed by atoms with Gasteiger partial charge in [0, 0.05) is 6.04 Å². The van der Waals surface area contributed by atoms with Crippen LogP contribution in [-0.2, 0) is 16.3 Å². The molecule has 3 aromatic rings. The molecule has 3 heterocycles. The predicted octanol–water partition coefficient (Wildman–Crippen LogP) is 3.09. The number of sulfone groups is 1. The molecule has 0 N–H and O–H groups in total. The number of hydrogen-bond acceptors (Lipinski definition) is 5. The highest BCUT2D eigenvalue weighted by Gasteiger charge is 2.48. The first-order valence-corrected chi connectivity index (χ1v) is 11.9. The molecule has 0 saturated carbocycles. The average molecular weight is 423 g/mol. The molecule has 1 saturated heterocycles. The van der Waals surface area contributed by atoms with Crippen molar-refractivity contribution in [2.45, 2.75) is 31.8 Å². The Balaban J connectivity index is 1.74. The first kappa shape index (κ1) is 19.1. The minimum atomic E-state index is -3.21. The fourth-order valence-corrected chi connectivity index (χ4v) is 6.28. The number of aryl methyl sites for hydroxylation is 1. The Morgan fingerprint density at radius 3 is 2.47 bits per heavy atom. The van der Waals surface area contributed by atoms with Crippen molar-refractivity contribution in [1.29, 1.82) is 0 Å². The van der Waals surface area contributed by atoms with Crippen molar-refractivity contribution in [3.05, 3.63) is 81.2 Å². The van der Waals surface area contributed by atoms with Gasteiger partial charge in [-0.05, 0) is 36.1 Å². The van der Waals surface area contributed by atoms with Crippen molar-refractivity contribution >= 4 is 26.7 Å². The van der Waals surface area contributed by atoms with E-state index in [2.05, 4.69) is 6.92 Å². The van der Waals surface area contributed by atoms with Crippen LogP contribution in [0.15, 0.2) is 57.7 Å². The average Bonchev–Trinajstić information content (AvgIpc) is 3.25. The van der Waals surface area contributed by atoms with E-state index in [1.54, 1.807) is 29.2 Å². The van der Waals surface area contributed by atoms with Gasteiger partial charge in [0.25, 0.3) is 5.91 Å². The number of carbonyl (C=O) groups excluding carboxylic acids is 1. The van der Waals surface area contributed by atoms with Crippen LogP contribution in [-0.4, -0.2) is 36.8 Å². The van der Waals surface area contributed by atoms with E-state index in [9.17, 15) is 18.0 Å². The summed E-state index contributed by atoms with van der Waals surface area (Å²) in [6.07, 6.45) is 1.23. The Hall–Kier alpha value is -2.93. The molecule has 7 heteroatoms. The maximum Gasteiger partial charge on any atom is 0.291 e.